The highest BCUT2D eigenvalue weighted by Crippen LogP contribution is 2.32. The van der Waals surface area contributed by atoms with Gasteiger partial charge in [0.15, 0.2) is 0 Å². The van der Waals surface area contributed by atoms with Crippen molar-refractivity contribution in [2.24, 2.45) is 0 Å². The zero-order valence-corrected chi connectivity index (χ0v) is 14.8. The monoisotopic (exact) mass is 367 g/mol. The van der Waals surface area contributed by atoms with Crippen LogP contribution in [0.1, 0.15) is 26.3 Å². The maximum Gasteiger partial charge on any atom is 0.123 e. The van der Waals surface area contributed by atoms with Crippen LogP contribution in [0.4, 0.5) is 4.39 Å². The molecule has 2 rings (SSSR count). The second-order valence-corrected chi connectivity index (χ2v) is 7.94. The fourth-order valence-corrected chi connectivity index (χ4v) is 3.11. The summed E-state index contributed by atoms with van der Waals surface area (Å²) in [5.74, 6) is -0.204. The standard InChI is InChI=1S/C17H19BrFNS/c1-17(2,3)20-11-12-10-13(18)4-9-16(12)21-15-7-5-14(19)6-8-15/h4-10,20H,11H2,1-3H3. The lowest BCUT2D eigenvalue weighted by molar-refractivity contribution is 0.422. The number of rotatable bonds is 4. The fourth-order valence-electron chi connectivity index (χ4n) is 1.78. The van der Waals surface area contributed by atoms with E-state index in [1.54, 1.807) is 11.8 Å². The third kappa shape index (κ3) is 5.46. The van der Waals surface area contributed by atoms with Crippen LogP contribution in [0.15, 0.2) is 56.7 Å². The Bertz CT molecular complexity index is 605. The molecule has 0 atom stereocenters. The van der Waals surface area contributed by atoms with Crippen molar-refractivity contribution < 1.29 is 4.39 Å². The van der Waals surface area contributed by atoms with Crippen LogP contribution in [0.2, 0.25) is 0 Å². The third-order valence-corrected chi connectivity index (χ3v) is 4.49. The molecule has 0 aromatic heterocycles. The zero-order valence-electron chi connectivity index (χ0n) is 12.4. The Morgan fingerprint density at radius 2 is 1.76 bits per heavy atom. The molecule has 4 heteroatoms. The maximum absolute atomic E-state index is 13.0. The van der Waals surface area contributed by atoms with Gasteiger partial charge in [-0.2, -0.15) is 0 Å². The van der Waals surface area contributed by atoms with Crippen LogP contribution in [0.3, 0.4) is 0 Å². The smallest absolute Gasteiger partial charge is 0.123 e. The molecule has 112 valence electrons. The Hall–Kier alpha value is -0.840. The van der Waals surface area contributed by atoms with Crippen molar-refractivity contribution in [3.8, 4) is 0 Å². The zero-order chi connectivity index (χ0) is 15.5. The minimum absolute atomic E-state index is 0.0696. The Labute approximate surface area is 138 Å². The van der Waals surface area contributed by atoms with Gasteiger partial charge < -0.3 is 5.32 Å². The van der Waals surface area contributed by atoms with E-state index >= 15 is 0 Å². The Morgan fingerprint density at radius 1 is 1.10 bits per heavy atom. The lowest BCUT2D eigenvalue weighted by atomic mass is 10.1. The highest BCUT2D eigenvalue weighted by molar-refractivity contribution is 9.10. The first-order valence-electron chi connectivity index (χ1n) is 6.80. The molecule has 0 heterocycles. The fraction of sp³-hybridized carbons (Fsp3) is 0.294. The molecule has 0 radical (unpaired) electrons. The number of nitrogens with one attached hydrogen (secondary N) is 1. The summed E-state index contributed by atoms with van der Waals surface area (Å²) >= 11 is 5.18. The van der Waals surface area contributed by atoms with E-state index in [1.807, 2.05) is 18.2 Å². The highest BCUT2D eigenvalue weighted by Gasteiger charge is 2.11. The predicted molar refractivity (Wildman–Crippen MR) is 91.3 cm³/mol. The largest absolute Gasteiger partial charge is 0.308 e. The number of halogens is 2. The minimum Gasteiger partial charge on any atom is -0.308 e. The van der Waals surface area contributed by atoms with Gasteiger partial charge in [-0.25, -0.2) is 4.39 Å². The molecule has 1 N–H and O–H groups in total. The second-order valence-electron chi connectivity index (χ2n) is 5.91. The van der Waals surface area contributed by atoms with Crippen molar-refractivity contribution in [1.82, 2.24) is 5.32 Å². The summed E-state index contributed by atoms with van der Waals surface area (Å²) in [6, 6.07) is 12.9. The third-order valence-electron chi connectivity index (χ3n) is 2.87. The molecule has 0 saturated heterocycles. The van der Waals surface area contributed by atoms with E-state index in [0.717, 1.165) is 15.9 Å². The second kappa shape index (κ2) is 6.95. The van der Waals surface area contributed by atoms with E-state index in [4.69, 9.17) is 0 Å². The predicted octanol–water partition coefficient (Wildman–Crippen LogP) is 5.63. The van der Waals surface area contributed by atoms with Crippen LogP contribution in [-0.2, 0) is 6.54 Å². The van der Waals surface area contributed by atoms with Crippen LogP contribution in [0.5, 0.6) is 0 Å². The molecule has 0 spiro atoms. The van der Waals surface area contributed by atoms with Crippen molar-refractivity contribution in [2.75, 3.05) is 0 Å². The van der Waals surface area contributed by atoms with Gasteiger partial charge in [-0.05, 0) is 68.8 Å². The summed E-state index contributed by atoms with van der Waals surface area (Å²) in [4.78, 5) is 2.22. The molecular formula is C17H19BrFNS. The molecule has 0 aliphatic heterocycles. The topological polar surface area (TPSA) is 12.0 Å². The van der Waals surface area contributed by atoms with E-state index in [0.29, 0.717) is 0 Å². The van der Waals surface area contributed by atoms with E-state index < -0.39 is 0 Å². The first-order valence-corrected chi connectivity index (χ1v) is 8.41. The Kier molecular flexibility index (Phi) is 5.47. The first kappa shape index (κ1) is 16.5. The number of benzene rings is 2. The average Bonchev–Trinajstić information content (AvgIpc) is 2.40. The van der Waals surface area contributed by atoms with Gasteiger partial charge in [0, 0.05) is 26.3 Å². The summed E-state index contributed by atoms with van der Waals surface area (Å²) in [5, 5.41) is 3.51. The van der Waals surface area contributed by atoms with E-state index in [9.17, 15) is 4.39 Å². The SMILES string of the molecule is CC(C)(C)NCc1cc(Br)ccc1Sc1ccc(F)cc1. The minimum atomic E-state index is -0.204. The van der Waals surface area contributed by atoms with Crippen molar-refractivity contribution in [3.63, 3.8) is 0 Å². The Balaban J connectivity index is 2.20. The van der Waals surface area contributed by atoms with Crippen LogP contribution >= 0.6 is 27.7 Å². The molecule has 2 aromatic carbocycles. The summed E-state index contributed by atoms with van der Waals surface area (Å²) in [6.45, 7) is 7.25. The van der Waals surface area contributed by atoms with Crippen molar-refractivity contribution in [3.05, 3.63) is 58.3 Å². The van der Waals surface area contributed by atoms with E-state index in [2.05, 4.69) is 54.2 Å². The molecule has 0 saturated carbocycles. The molecule has 0 fully saturated rings. The lowest BCUT2D eigenvalue weighted by Crippen LogP contribution is -2.35. The van der Waals surface area contributed by atoms with Crippen molar-refractivity contribution in [1.29, 1.82) is 0 Å². The summed E-state index contributed by atoms with van der Waals surface area (Å²) in [5.41, 5.74) is 1.30. The van der Waals surface area contributed by atoms with Gasteiger partial charge in [0.05, 0.1) is 0 Å². The van der Waals surface area contributed by atoms with E-state index in [-0.39, 0.29) is 11.4 Å². The molecule has 0 amide bonds. The molecular weight excluding hydrogens is 349 g/mol. The van der Waals surface area contributed by atoms with E-state index in [1.165, 1.54) is 22.6 Å². The van der Waals surface area contributed by atoms with Crippen LogP contribution in [-0.4, -0.2) is 5.54 Å². The molecule has 0 aliphatic carbocycles. The molecule has 0 bridgehead atoms. The van der Waals surface area contributed by atoms with Gasteiger partial charge in [0.25, 0.3) is 0 Å². The first-order chi connectivity index (χ1) is 9.83. The highest BCUT2D eigenvalue weighted by atomic mass is 79.9. The maximum atomic E-state index is 13.0. The quantitative estimate of drug-likeness (QED) is 0.751. The van der Waals surface area contributed by atoms with Crippen LogP contribution < -0.4 is 5.32 Å². The molecule has 21 heavy (non-hydrogen) atoms. The Morgan fingerprint density at radius 3 is 2.38 bits per heavy atom. The van der Waals surface area contributed by atoms with Gasteiger partial charge in [0.2, 0.25) is 0 Å². The summed E-state index contributed by atoms with van der Waals surface area (Å²) < 4.78 is 14.1. The van der Waals surface area contributed by atoms with Crippen molar-refractivity contribution in [2.45, 2.75) is 42.6 Å². The van der Waals surface area contributed by atoms with Crippen LogP contribution in [0.25, 0.3) is 0 Å². The van der Waals surface area contributed by atoms with Gasteiger partial charge in [0.1, 0.15) is 5.82 Å². The van der Waals surface area contributed by atoms with Gasteiger partial charge in [-0.1, -0.05) is 27.7 Å². The lowest BCUT2D eigenvalue weighted by Gasteiger charge is -2.21. The average molecular weight is 368 g/mol. The molecule has 1 nitrogen and oxygen atoms in total. The number of hydrogen-bond donors (Lipinski definition) is 1. The summed E-state index contributed by atoms with van der Waals surface area (Å²) in [6.07, 6.45) is 0. The van der Waals surface area contributed by atoms with Gasteiger partial charge in [-0.3, -0.25) is 0 Å². The number of hydrogen-bond acceptors (Lipinski definition) is 2. The molecule has 0 aliphatic rings. The molecule has 2 aromatic rings. The van der Waals surface area contributed by atoms with Gasteiger partial charge in [-0.15, -0.1) is 0 Å². The van der Waals surface area contributed by atoms with Crippen LogP contribution in [0, 0.1) is 5.82 Å². The molecule has 0 unspecified atom stereocenters. The van der Waals surface area contributed by atoms with Gasteiger partial charge >= 0.3 is 0 Å². The summed E-state index contributed by atoms with van der Waals surface area (Å²) in [7, 11) is 0. The normalized spacial score (nSPS) is 11.7. The van der Waals surface area contributed by atoms with Crippen molar-refractivity contribution >= 4 is 27.7 Å².